The summed E-state index contributed by atoms with van der Waals surface area (Å²) in [6, 6.07) is 13.7. The molecule has 0 radical (unpaired) electrons. The summed E-state index contributed by atoms with van der Waals surface area (Å²) < 4.78 is 11.6. The van der Waals surface area contributed by atoms with Crippen molar-refractivity contribution < 1.29 is 24.2 Å². The molecule has 0 aromatic heterocycles. The molecule has 0 aliphatic carbocycles. The Morgan fingerprint density at radius 3 is 2.61 bits per heavy atom. The second kappa shape index (κ2) is 8.78. The summed E-state index contributed by atoms with van der Waals surface area (Å²) in [6.45, 7) is 3.18. The summed E-state index contributed by atoms with van der Waals surface area (Å²) in [7, 11) is 1.60. The molecule has 1 unspecified atom stereocenters. The molecule has 6 heteroatoms. The van der Waals surface area contributed by atoms with Gasteiger partial charge in [-0.1, -0.05) is 36.4 Å². The molecule has 0 saturated carbocycles. The van der Waals surface area contributed by atoms with Crippen LogP contribution in [0.3, 0.4) is 0 Å². The van der Waals surface area contributed by atoms with Crippen LogP contribution in [0, 0.1) is 12.8 Å². The van der Waals surface area contributed by atoms with Gasteiger partial charge in [-0.05, 0) is 36.1 Å². The Morgan fingerprint density at radius 1 is 1.18 bits per heavy atom. The van der Waals surface area contributed by atoms with Gasteiger partial charge in [0.1, 0.15) is 6.61 Å². The number of carboxylic acids is 1. The Hall–Kier alpha value is -3.02. The number of amides is 1. The summed E-state index contributed by atoms with van der Waals surface area (Å²) in [5.41, 5.74) is 3.18. The number of likely N-dealkylation sites (tertiary alicyclic amines) is 1. The summed E-state index contributed by atoms with van der Waals surface area (Å²) in [5.74, 6) is -0.344. The number of carbonyl (C=O) groups excluding carboxylic acids is 1. The number of aliphatic carboxylic acids is 1. The number of carbonyl (C=O) groups is 2. The van der Waals surface area contributed by atoms with E-state index < -0.39 is 11.9 Å². The second-order valence-electron chi connectivity index (χ2n) is 6.99. The highest BCUT2D eigenvalue weighted by Crippen LogP contribution is 2.33. The molecule has 2 aromatic carbocycles. The molecule has 1 saturated heterocycles. The average molecular weight is 383 g/mol. The van der Waals surface area contributed by atoms with E-state index in [4.69, 9.17) is 14.6 Å². The molecule has 1 fully saturated rings. The van der Waals surface area contributed by atoms with Crippen molar-refractivity contribution in [3.8, 4) is 11.5 Å². The standard InChI is InChI=1S/C22H25NO5/c1-15-6-3-4-7-17(15)14-28-21-16(8-5-9-19(21)27-2)10-11-23-13-18(22(25)26)12-20(23)24/h3-9,18H,10-14H2,1-2H3,(H,25,26). The van der Waals surface area contributed by atoms with E-state index in [1.54, 1.807) is 12.0 Å². The SMILES string of the molecule is COc1cccc(CCN2CC(C(=O)O)CC2=O)c1OCc1ccccc1C. The zero-order valence-electron chi connectivity index (χ0n) is 16.2. The van der Waals surface area contributed by atoms with Crippen LogP contribution in [0.2, 0.25) is 0 Å². The maximum atomic E-state index is 12.1. The predicted octanol–water partition coefficient (Wildman–Crippen LogP) is 3.06. The van der Waals surface area contributed by atoms with Gasteiger partial charge in [0, 0.05) is 19.5 Å². The van der Waals surface area contributed by atoms with Gasteiger partial charge in [-0.15, -0.1) is 0 Å². The van der Waals surface area contributed by atoms with Crippen molar-refractivity contribution in [3.63, 3.8) is 0 Å². The van der Waals surface area contributed by atoms with Crippen LogP contribution in [0.15, 0.2) is 42.5 Å². The minimum absolute atomic E-state index is 0.0735. The number of nitrogens with zero attached hydrogens (tertiary/aromatic N) is 1. The molecular formula is C22H25NO5. The number of para-hydroxylation sites is 1. The van der Waals surface area contributed by atoms with Gasteiger partial charge in [0.15, 0.2) is 11.5 Å². The normalized spacial score (nSPS) is 16.3. The molecule has 1 amide bonds. The highest BCUT2D eigenvalue weighted by molar-refractivity contribution is 5.86. The molecule has 1 aliphatic heterocycles. The minimum Gasteiger partial charge on any atom is -0.493 e. The molecule has 0 bridgehead atoms. The first-order valence-corrected chi connectivity index (χ1v) is 9.33. The zero-order valence-corrected chi connectivity index (χ0v) is 16.2. The highest BCUT2D eigenvalue weighted by atomic mass is 16.5. The van der Waals surface area contributed by atoms with Crippen molar-refractivity contribution in [3.05, 3.63) is 59.2 Å². The van der Waals surface area contributed by atoms with E-state index >= 15 is 0 Å². The van der Waals surface area contributed by atoms with E-state index in [-0.39, 0.29) is 18.9 Å². The fourth-order valence-electron chi connectivity index (χ4n) is 3.41. The van der Waals surface area contributed by atoms with Crippen molar-refractivity contribution in [2.24, 2.45) is 5.92 Å². The third kappa shape index (κ3) is 4.44. The average Bonchev–Trinajstić information content (AvgIpc) is 3.07. The van der Waals surface area contributed by atoms with E-state index in [9.17, 15) is 9.59 Å². The topological polar surface area (TPSA) is 76.1 Å². The lowest BCUT2D eigenvalue weighted by Gasteiger charge is -2.19. The molecule has 1 heterocycles. The first-order chi connectivity index (χ1) is 13.5. The van der Waals surface area contributed by atoms with Gasteiger partial charge in [0.25, 0.3) is 0 Å². The lowest BCUT2D eigenvalue weighted by atomic mass is 10.1. The van der Waals surface area contributed by atoms with Gasteiger partial charge in [-0.3, -0.25) is 9.59 Å². The fraction of sp³-hybridized carbons (Fsp3) is 0.364. The summed E-state index contributed by atoms with van der Waals surface area (Å²) in [6.07, 6.45) is 0.641. The lowest BCUT2D eigenvalue weighted by Crippen LogP contribution is -2.28. The molecule has 1 aliphatic rings. The molecule has 1 atom stereocenters. The number of hydrogen-bond acceptors (Lipinski definition) is 4. The smallest absolute Gasteiger partial charge is 0.308 e. The molecule has 6 nitrogen and oxygen atoms in total. The van der Waals surface area contributed by atoms with Crippen LogP contribution in [0.1, 0.15) is 23.1 Å². The summed E-state index contributed by atoms with van der Waals surface area (Å²) in [5, 5.41) is 9.13. The molecule has 0 spiro atoms. The maximum absolute atomic E-state index is 12.1. The summed E-state index contributed by atoms with van der Waals surface area (Å²) in [4.78, 5) is 24.8. The number of aryl methyl sites for hydroxylation is 1. The van der Waals surface area contributed by atoms with E-state index in [0.29, 0.717) is 31.1 Å². The zero-order chi connectivity index (χ0) is 20.1. The molecule has 1 N–H and O–H groups in total. The van der Waals surface area contributed by atoms with Crippen LogP contribution in [0.4, 0.5) is 0 Å². The van der Waals surface area contributed by atoms with Crippen LogP contribution < -0.4 is 9.47 Å². The summed E-state index contributed by atoms with van der Waals surface area (Å²) >= 11 is 0. The minimum atomic E-state index is -0.917. The van der Waals surface area contributed by atoms with Crippen LogP contribution in [0.5, 0.6) is 11.5 Å². The van der Waals surface area contributed by atoms with Crippen molar-refractivity contribution in [1.82, 2.24) is 4.90 Å². The fourth-order valence-corrected chi connectivity index (χ4v) is 3.41. The van der Waals surface area contributed by atoms with Crippen molar-refractivity contribution in [1.29, 1.82) is 0 Å². The van der Waals surface area contributed by atoms with Crippen molar-refractivity contribution in [2.75, 3.05) is 20.2 Å². The quantitative estimate of drug-likeness (QED) is 0.758. The lowest BCUT2D eigenvalue weighted by molar-refractivity contribution is -0.141. The highest BCUT2D eigenvalue weighted by Gasteiger charge is 2.33. The number of rotatable bonds is 8. The van der Waals surface area contributed by atoms with Crippen LogP contribution in [0.25, 0.3) is 0 Å². The van der Waals surface area contributed by atoms with E-state index in [2.05, 4.69) is 0 Å². The first-order valence-electron chi connectivity index (χ1n) is 9.33. The van der Waals surface area contributed by atoms with Gasteiger partial charge >= 0.3 is 5.97 Å². The van der Waals surface area contributed by atoms with Crippen LogP contribution >= 0.6 is 0 Å². The third-order valence-electron chi connectivity index (χ3n) is 5.13. The van der Waals surface area contributed by atoms with Gasteiger partial charge in [-0.2, -0.15) is 0 Å². The molecule has 3 rings (SSSR count). The number of ether oxygens (including phenoxy) is 2. The van der Waals surface area contributed by atoms with Gasteiger partial charge in [-0.25, -0.2) is 0 Å². The van der Waals surface area contributed by atoms with Crippen LogP contribution in [-0.2, 0) is 22.6 Å². The first kappa shape index (κ1) is 19.7. The van der Waals surface area contributed by atoms with E-state index in [0.717, 1.165) is 16.7 Å². The molecule has 2 aromatic rings. The Bertz CT molecular complexity index is 864. The number of methoxy groups -OCH3 is 1. The Balaban J connectivity index is 1.72. The van der Waals surface area contributed by atoms with Gasteiger partial charge < -0.3 is 19.5 Å². The van der Waals surface area contributed by atoms with Crippen molar-refractivity contribution in [2.45, 2.75) is 26.4 Å². The third-order valence-corrected chi connectivity index (χ3v) is 5.13. The number of carboxylic acid groups (broad SMARTS) is 1. The molecule has 28 heavy (non-hydrogen) atoms. The second-order valence-corrected chi connectivity index (χ2v) is 6.99. The largest absolute Gasteiger partial charge is 0.493 e. The van der Waals surface area contributed by atoms with Crippen LogP contribution in [-0.4, -0.2) is 42.1 Å². The van der Waals surface area contributed by atoms with Gasteiger partial charge in [0.2, 0.25) is 5.91 Å². The van der Waals surface area contributed by atoms with Crippen molar-refractivity contribution >= 4 is 11.9 Å². The predicted molar refractivity (Wildman–Crippen MR) is 105 cm³/mol. The van der Waals surface area contributed by atoms with Gasteiger partial charge in [0.05, 0.1) is 13.0 Å². The van der Waals surface area contributed by atoms with E-state index in [1.807, 2.05) is 49.4 Å². The number of hydrogen-bond donors (Lipinski definition) is 1. The van der Waals surface area contributed by atoms with E-state index in [1.165, 1.54) is 0 Å². The molecular weight excluding hydrogens is 358 g/mol. The Morgan fingerprint density at radius 2 is 1.93 bits per heavy atom. The Labute approximate surface area is 164 Å². The number of benzene rings is 2. The molecule has 148 valence electrons. The maximum Gasteiger partial charge on any atom is 0.308 e. The monoisotopic (exact) mass is 383 g/mol. The Kier molecular flexibility index (Phi) is 6.19.